The second-order valence-electron chi connectivity index (χ2n) is 6.32. The quantitative estimate of drug-likeness (QED) is 0.707. The maximum Gasteiger partial charge on any atom is 0.274 e. The molecule has 2 aromatic heterocycles. The van der Waals surface area contributed by atoms with Gasteiger partial charge in [-0.3, -0.25) is 9.48 Å². The largest absolute Gasteiger partial charge is 0.441 e. The zero-order valence-corrected chi connectivity index (χ0v) is 14.3. The summed E-state index contributed by atoms with van der Waals surface area (Å²) in [7, 11) is 1.78. The normalized spacial score (nSPS) is 13.8. The van der Waals surface area contributed by atoms with Crippen LogP contribution in [0.4, 0.5) is 8.78 Å². The topological polar surface area (TPSA) is 64.2 Å². The molecule has 26 heavy (non-hydrogen) atoms. The molecule has 0 spiro atoms. The van der Waals surface area contributed by atoms with E-state index in [1.54, 1.807) is 22.7 Å². The predicted octanol–water partition coefficient (Wildman–Crippen LogP) is 2.86. The van der Waals surface area contributed by atoms with Gasteiger partial charge in [-0.05, 0) is 25.1 Å². The first-order valence-corrected chi connectivity index (χ1v) is 8.15. The fourth-order valence-corrected chi connectivity index (χ4v) is 3.00. The number of hydrogen-bond acceptors (Lipinski definition) is 4. The number of amides is 1. The highest BCUT2D eigenvalue weighted by Gasteiger charge is 2.28. The minimum Gasteiger partial charge on any atom is -0.441 e. The summed E-state index contributed by atoms with van der Waals surface area (Å²) in [6.45, 7) is 2.61. The number of benzene rings is 1. The molecule has 0 bridgehead atoms. The summed E-state index contributed by atoms with van der Waals surface area (Å²) in [5.74, 6) is -0.792. The average molecular weight is 358 g/mol. The van der Waals surface area contributed by atoms with Gasteiger partial charge < -0.3 is 9.32 Å². The second-order valence-corrected chi connectivity index (χ2v) is 6.32. The van der Waals surface area contributed by atoms with Gasteiger partial charge in [-0.1, -0.05) is 0 Å². The smallest absolute Gasteiger partial charge is 0.274 e. The molecule has 8 heteroatoms. The number of rotatable bonds is 2. The van der Waals surface area contributed by atoms with E-state index in [0.29, 0.717) is 30.1 Å². The highest BCUT2D eigenvalue weighted by Crippen LogP contribution is 2.27. The van der Waals surface area contributed by atoms with Crippen LogP contribution in [0.2, 0.25) is 0 Å². The lowest BCUT2D eigenvalue weighted by Gasteiger charge is -2.24. The monoisotopic (exact) mass is 358 g/mol. The Kier molecular flexibility index (Phi) is 3.82. The Hall–Kier alpha value is -3.03. The molecular formula is C18H16F2N4O2. The number of aromatic nitrogens is 3. The van der Waals surface area contributed by atoms with Crippen LogP contribution in [0.15, 0.2) is 28.7 Å². The van der Waals surface area contributed by atoms with Crippen LogP contribution in [0, 0.1) is 18.6 Å². The second kappa shape index (κ2) is 6.05. The number of oxazole rings is 1. The Balaban J connectivity index is 1.59. The fourth-order valence-electron chi connectivity index (χ4n) is 3.00. The van der Waals surface area contributed by atoms with E-state index in [1.165, 1.54) is 12.1 Å². The lowest BCUT2D eigenvalue weighted by atomic mass is 10.1. The first kappa shape index (κ1) is 16.4. The van der Waals surface area contributed by atoms with Crippen LogP contribution < -0.4 is 0 Å². The third-order valence-corrected chi connectivity index (χ3v) is 4.46. The number of hydrogen-bond donors (Lipinski definition) is 0. The van der Waals surface area contributed by atoms with Crippen molar-refractivity contribution in [1.82, 2.24) is 19.7 Å². The molecule has 0 unspecified atom stereocenters. The molecule has 1 aliphatic heterocycles. The molecule has 0 N–H and O–H groups in total. The van der Waals surface area contributed by atoms with E-state index in [9.17, 15) is 13.6 Å². The van der Waals surface area contributed by atoms with E-state index < -0.39 is 11.6 Å². The van der Waals surface area contributed by atoms with Crippen LogP contribution in [0.1, 0.15) is 27.6 Å². The molecule has 0 saturated heterocycles. The van der Waals surface area contributed by atoms with Crippen LogP contribution in [0.3, 0.4) is 0 Å². The van der Waals surface area contributed by atoms with Crippen molar-refractivity contribution in [3.63, 3.8) is 0 Å². The molecule has 4 rings (SSSR count). The van der Waals surface area contributed by atoms with Crippen LogP contribution in [0.25, 0.3) is 11.5 Å². The van der Waals surface area contributed by atoms with Crippen LogP contribution in [0.5, 0.6) is 0 Å². The van der Waals surface area contributed by atoms with Gasteiger partial charge >= 0.3 is 0 Å². The summed E-state index contributed by atoms with van der Waals surface area (Å²) < 4.78 is 34.1. The van der Waals surface area contributed by atoms with Gasteiger partial charge in [-0.15, -0.1) is 0 Å². The van der Waals surface area contributed by atoms with E-state index in [4.69, 9.17) is 4.42 Å². The lowest BCUT2D eigenvalue weighted by molar-refractivity contribution is 0.0721. The third kappa shape index (κ3) is 2.87. The standard InChI is InChI=1S/C18H16F2N4O2/c1-10-5-14(22-23(10)2)18(25)24-4-3-16-15(9-24)21-17(26-16)11-6-12(19)8-13(20)7-11/h5-8H,3-4,9H2,1-2H3. The third-order valence-electron chi connectivity index (χ3n) is 4.46. The number of aryl methyl sites for hydroxylation is 2. The molecule has 134 valence electrons. The van der Waals surface area contributed by atoms with Crippen molar-refractivity contribution in [2.45, 2.75) is 19.9 Å². The summed E-state index contributed by atoms with van der Waals surface area (Å²) in [4.78, 5) is 18.6. The molecule has 3 heterocycles. The molecule has 0 fully saturated rings. The molecule has 3 aromatic rings. The van der Waals surface area contributed by atoms with Gasteiger partial charge in [0.25, 0.3) is 5.91 Å². The number of nitrogens with zero attached hydrogens (tertiary/aromatic N) is 4. The molecule has 0 saturated carbocycles. The molecule has 6 nitrogen and oxygen atoms in total. The van der Waals surface area contributed by atoms with Gasteiger partial charge in [0, 0.05) is 37.3 Å². The fraction of sp³-hybridized carbons (Fsp3) is 0.278. The van der Waals surface area contributed by atoms with Crippen molar-refractivity contribution in [3.05, 3.63) is 58.7 Å². The molecule has 1 aliphatic rings. The molecule has 1 amide bonds. The maximum atomic E-state index is 13.4. The van der Waals surface area contributed by atoms with E-state index in [-0.39, 0.29) is 23.9 Å². The Morgan fingerprint density at radius 2 is 1.92 bits per heavy atom. The first-order chi connectivity index (χ1) is 12.4. The van der Waals surface area contributed by atoms with Crippen LogP contribution in [-0.4, -0.2) is 32.1 Å². The SMILES string of the molecule is Cc1cc(C(=O)N2CCc3oc(-c4cc(F)cc(F)c4)nc3C2)nn1C. The van der Waals surface area contributed by atoms with Crippen molar-refractivity contribution in [2.75, 3.05) is 6.54 Å². The Morgan fingerprint density at radius 1 is 1.19 bits per heavy atom. The summed E-state index contributed by atoms with van der Waals surface area (Å²) in [5, 5.41) is 4.21. The van der Waals surface area contributed by atoms with Gasteiger partial charge in [0.1, 0.15) is 23.1 Å². The molecule has 0 aliphatic carbocycles. The molecule has 0 atom stereocenters. The van der Waals surface area contributed by atoms with E-state index in [0.717, 1.165) is 11.8 Å². The lowest BCUT2D eigenvalue weighted by Crippen LogP contribution is -2.36. The first-order valence-electron chi connectivity index (χ1n) is 8.15. The van der Waals surface area contributed by atoms with E-state index >= 15 is 0 Å². The minimum atomic E-state index is -0.696. The highest BCUT2D eigenvalue weighted by atomic mass is 19.1. The summed E-state index contributed by atoms with van der Waals surface area (Å²) in [6.07, 6.45) is 0.484. The number of halogens is 2. The number of carbonyl (C=O) groups excluding carboxylic acids is 1. The predicted molar refractivity (Wildman–Crippen MR) is 88.2 cm³/mol. The summed E-state index contributed by atoms with van der Waals surface area (Å²) in [6, 6.07) is 4.86. The van der Waals surface area contributed by atoms with Gasteiger partial charge in [-0.25, -0.2) is 13.8 Å². The van der Waals surface area contributed by atoms with Crippen LogP contribution >= 0.6 is 0 Å². The summed E-state index contributed by atoms with van der Waals surface area (Å²) in [5.41, 5.74) is 2.10. The Labute approximate surface area is 148 Å². The zero-order valence-electron chi connectivity index (χ0n) is 14.3. The van der Waals surface area contributed by atoms with Crippen molar-refractivity contribution < 1.29 is 18.0 Å². The van der Waals surface area contributed by atoms with Gasteiger partial charge in [0.05, 0.1) is 6.54 Å². The molecule has 1 aromatic carbocycles. The Bertz CT molecular complexity index is 969. The number of fused-ring (bicyclic) bond motifs is 1. The van der Waals surface area contributed by atoms with Crippen LogP contribution in [-0.2, 0) is 20.0 Å². The summed E-state index contributed by atoms with van der Waals surface area (Å²) >= 11 is 0. The molecule has 0 radical (unpaired) electrons. The zero-order chi connectivity index (χ0) is 18.4. The number of carbonyl (C=O) groups is 1. The highest BCUT2D eigenvalue weighted by molar-refractivity contribution is 5.92. The Morgan fingerprint density at radius 3 is 2.58 bits per heavy atom. The minimum absolute atomic E-state index is 0.149. The van der Waals surface area contributed by atoms with Crippen molar-refractivity contribution in [2.24, 2.45) is 7.05 Å². The maximum absolute atomic E-state index is 13.4. The van der Waals surface area contributed by atoms with Gasteiger partial charge in [0.2, 0.25) is 5.89 Å². The van der Waals surface area contributed by atoms with E-state index in [2.05, 4.69) is 10.1 Å². The average Bonchev–Trinajstić information content (AvgIpc) is 3.16. The van der Waals surface area contributed by atoms with Gasteiger partial charge in [-0.2, -0.15) is 5.10 Å². The van der Waals surface area contributed by atoms with E-state index in [1.807, 2.05) is 6.92 Å². The van der Waals surface area contributed by atoms with Crippen molar-refractivity contribution in [1.29, 1.82) is 0 Å². The molecular weight excluding hydrogens is 342 g/mol. The van der Waals surface area contributed by atoms with Gasteiger partial charge in [0.15, 0.2) is 5.69 Å². The van der Waals surface area contributed by atoms with Crippen molar-refractivity contribution in [3.8, 4) is 11.5 Å². The van der Waals surface area contributed by atoms with Crippen molar-refractivity contribution >= 4 is 5.91 Å².